The van der Waals surface area contributed by atoms with Gasteiger partial charge in [-0.2, -0.15) is 10.4 Å². The first-order valence-corrected chi connectivity index (χ1v) is 6.92. The summed E-state index contributed by atoms with van der Waals surface area (Å²) in [6.45, 7) is 4.86. The molecule has 6 heteroatoms. The smallest absolute Gasteiger partial charge is 0.137 e. The molecular formula is C14H18N6. The van der Waals surface area contributed by atoms with Gasteiger partial charge in [-0.15, -0.1) is 0 Å². The van der Waals surface area contributed by atoms with Crippen molar-refractivity contribution in [2.24, 2.45) is 0 Å². The molecule has 2 aromatic heterocycles. The summed E-state index contributed by atoms with van der Waals surface area (Å²) in [5, 5.41) is 15.9. The molecule has 0 saturated carbocycles. The van der Waals surface area contributed by atoms with Crippen LogP contribution in [0.1, 0.15) is 41.5 Å². The summed E-state index contributed by atoms with van der Waals surface area (Å²) < 4.78 is 0. The maximum atomic E-state index is 9.00. The summed E-state index contributed by atoms with van der Waals surface area (Å²) in [6, 6.07) is 4.16. The van der Waals surface area contributed by atoms with Crippen LogP contribution < -0.4 is 0 Å². The number of aromatic nitrogens is 4. The number of nitrogens with zero attached hydrogens (tertiary/aromatic N) is 4. The van der Waals surface area contributed by atoms with Gasteiger partial charge in [0.1, 0.15) is 18.2 Å². The molecule has 0 spiro atoms. The van der Waals surface area contributed by atoms with Crippen LogP contribution in [0.4, 0.5) is 0 Å². The van der Waals surface area contributed by atoms with Crippen molar-refractivity contribution < 1.29 is 0 Å². The molecule has 6 nitrogen and oxygen atoms in total. The van der Waals surface area contributed by atoms with Crippen LogP contribution in [0.25, 0.3) is 0 Å². The van der Waals surface area contributed by atoms with Crippen LogP contribution in [0, 0.1) is 18.3 Å². The van der Waals surface area contributed by atoms with Gasteiger partial charge in [-0.1, -0.05) is 0 Å². The topological polar surface area (TPSA) is 84.4 Å². The Morgan fingerprint density at radius 2 is 2.45 bits per heavy atom. The fourth-order valence-electron chi connectivity index (χ4n) is 2.90. The first kappa shape index (κ1) is 12.9. The van der Waals surface area contributed by atoms with Crippen molar-refractivity contribution in [3.63, 3.8) is 0 Å². The van der Waals surface area contributed by atoms with E-state index < -0.39 is 0 Å². The Bertz CT molecular complexity index is 606. The molecule has 1 saturated heterocycles. The lowest BCUT2D eigenvalue weighted by Gasteiger charge is -2.31. The summed E-state index contributed by atoms with van der Waals surface area (Å²) in [5.74, 6) is 1.41. The Balaban J connectivity index is 1.67. The molecule has 0 amide bonds. The quantitative estimate of drug-likeness (QED) is 0.889. The van der Waals surface area contributed by atoms with E-state index in [2.05, 4.69) is 31.1 Å². The number of likely N-dealkylation sites (tertiary alicyclic amines) is 1. The van der Waals surface area contributed by atoms with Gasteiger partial charge in [-0.05, 0) is 32.4 Å². The monoisotopic (exact) mass is 270 g/mol. The summed E-state index contributed by atoms with van der Waals surface area (Å²) in [4.78, 5) is 9.97. The normalized spacial score (nSPS) is 19.9. The second-order valence-corrected chi connectivity index (χ2v) is 5.39. The zero-order valence-corrected chi connectivity index (χ0v) is 11.6. The Morgan fingerprint density at radius 3 is 3.15 bits per heavy atom. The number of hydrogen-bond donors (Lipinski definition) is 2. The van der Waals surface area contributed by atoms with E-state index in [1.807, 2.05) is 13.0 Å². The van der Waals surface area contributed by atoms with Crippen molar-refractivity contribution >= 4 is 0 Å². The van der Waals surface area contributed by atoms with Crippen molar-refractivity contribution in [2.75, 3.05) is 13.1 Å². The van der Waals surface area contributed by atoms with Crippen LogP contribution in [0.5, 0.6) is 0 Å². The van der Waals surface area contributed by atoms with E-state index >= 15 is 0 Å². The maximum absolute atomic E-state index is 9.00. The first-order valence-electron chi connectivity index (χ1n) is 6.92. The lowest BCUT2D eigenvalue weighted by molar-refractivity contribution is 0.195. The summed E-state index contributed by atoms with van der Waals surface area (Å²) in [5.41, 5.74) is 2.80. The molecule has 0 aromatic carbocycles. The second-order valence-electron chi connectivity index (χ2n) is 5.39. The minimum Gasteiger partial charge on any atom is -0.360 e. The van der Waals surface area contributed by atoms with Crippen molar-refractivity contribution in [3.8, 4) is 6.07 Å². The Labute approximate surface area is 117 Å². The van der Waals surface area contributed by atoms with Crippen molar-refractivity contribution in [3.05, 3.63) is 35.2 Å². The van der Waals surface area contributed by atoms with Crippen molar-refractivity contribution in [1.82, 2.24) is 25.1 Å². The highest BCUT2D eigenvalue weighted by atomic mass is 15.2. The standard InChI is InChI=1S/C14H18N6/c1-10-12(6-15)5-13(18-10)8-20-4-2-3-11(7-20)14-16-9-17-19-14/h5,9,11,18H,2-4,7-8H2,1H3,(H,16,17,19)/t11-/m1/s1. The average Bonchev–Trinajstić information content (AvgIpc) is 3.09. The maximum Gasteiger partial charge on any atom is 0.137 e. The van der Waals surface area contributed by atoms with Gasteiger partial charge < -0.3 is 4.98 Å². The van der Waals surface area contributed by atoms with Gasteiger partial charge in [-0.25, -0.2) is 4.98 Å². The van der Waals surface area contributed by atoms with E-state index in [0.717, 1.165) is 55.3 Å². The third-order valence-electron chi connectivity index (χ3n) is 3.91. The van der Waals surface area contributed by atoms with Gasteiger partial charge in [0.05, 0.1) is 5.56 Å². The summed E-state index contributed by atoms with van der Waals surface area (Å²) in [7, 11) is 0. The summed E-state index contributed by atoms with van der Waals surface area (Å²) in [6.07, 6.45) is 3.89. The third-order valence-corrected chi connectivity index (χ3v) is 3.91. The van der Waals surface area contributed by atoms with Gasteiger partial charge in [0.25, 0.3) is 0 Å². The molecule has 0 radical (unpaired) electrons. The van der Waals surface area contributed by atoms with Gasteiger partial charge in [0.15, 0.2) is 0 Å². The van der Waals surface area contributed by atoms with Crippen LogP contribution in [0.15, 0.2) is 12.4 Å². The molecule has 0 bridgehead atoms. The zero-order chi connectivity index (χ0) is 13.9. The molecule has 2 aromatic rings. The van der Waals surface area contributed by atoms with E-state index in [0.29, 0.717) is 5.92 Å². The zero-order valence-electron chi connectivity index (χ0n) is 11.6. The lowest BCUT2D eigenvalue weighted by atomic mass is 9.97. The summed E-state index contributed by atoms with van der Waals surface area (Å²) >= 11 is 0. The highest BCUT2D eigenvalue weighted by molar-refractivity contribution is 5.35. The van der Waals surface area contributed by atoms with Gasteiger partial charge >= 0.3 is 0 Å². The number of H-pyrrole nitrogens is 2. The Morgan fingerprint density at radius 1 is 1.55 bits per heavy atom. The fraction of sp³-hybridized carbons (Fsp3) is 0.500. The van der Waals surface area contributed by atoms with Crippen LogP contribution >= 0.6 is 0 Å². The van der Waals surface area contributed by atoms with E-state index in [1.54, 1.807) is 6.33 Å². The third kappa shape index (κ3) is 2.58. The Kier molecular flexibility index (Phi) is 3.52. The number of nitriles is 1. The van der Waals surface area contributed by atoms with E-state index in [1.165, 1.54) is 0 Å². The number of rotatable bonds is 3. The minimum absolute atomic E-state index is 0.428. The number of nitrogens with one attached hydrogen (secondary N) is 2. The van der Waals surface area contributed by atoms with Crippen LogP contribution in [0.3, 0.4) is 0 Å². The molecule has 1 fully saturated rings. The highest BCUT2D eigenvalue weighted by Gasteiger charge is 2.23. The molecule has 3 rings (SSSR count). The molecule has 3 heterocycles. The molecule has 104 valence electrons. The molecule has 0 unspecified atom stereocenters. The van der Waals surface area contributed by atoms with Crippen LogP contribution in [-0.4, -0.2) is 38.2 Å². The van der Waals surface area contributed by atoms with E-state index in [4.69, 9.17) is 5.26 Å². The fourth-order valence-corrected chi connectivity index (χ4v) is 2.90. The molecule has 1 aliphatic heterocycles. The molecule has 20 heavy (non-hydrogen) atoms. The Hall–Kier alpha value is -2.13. The predicted octanol–water partition coefficient (Wildman–Crippen LogP) is 1.69. The largest absolute Gasteiger partial charge is 0.360 e. The van der Waals surface area contributed by atoms with E-state index in [9.17, 15) is 0 Å². The van der Waals surface area contributed by atoms with E-state index in [-0.39, 0.29) is 0 Å². The molecule has 1 aliphatic rings. The van der Waals surface area contributed by atoms with Crippen molar-refractivity contribution in [2.45, 2.75) is 32.2 Å². The number of hydrogen-bond acceptors (Lipinski definition) is 4. The molecule has 2 N–H and O–H groups in total. The lowest BCUT2D eigenvalue weighted by Crippen LogP contribution is -2.34. The molecular weight excluding hydrogens is 252 g/mol. The SMILES string of the molecule is Cc1[nH]c(CN2CCC[C@@H](c3ncn[nH]3)C2)cc1C#N. The number of piperidine rings is 1. The van der Waals surface area contributed by atoms with Gasteiger partial charge in [-0.3, -0.25) is 10.00 Å². The number of aromatic amines is 2. The second kappa shape index (κ2) is 5.47. The first-order chi connectivity index (χ1) is 9.76. The van der Waals surface area contributed by atoms with Gasteiger partial charge in [0.2, 0.25) is 0 Å². The highest BCUT2D eigenvalue weighted by Crippen LogP contribution is 2.25. The van der Waals surface area contributed by atoms with Gasteiger partial charge in [0, 0.05) is 30.4 Å². The molecule has 1 atom stereocenters. The molecule has 0 aliphatic carbocycles. The van der Waals surface area contributed by atoms with Crippen LogP contribution in [-0.2, 0) is 6.54 Å². The minimum atomic E-state index is 0.428. The van der Waals surface area contributed by atoms with Crippen LogP contribution in [0.2, 0.25) is 0 Å². The average molecular weight is 270 g/mol. The predicted molar refractivity (Wildman–Crippen MR) is 73.9 cm³/mol. The van der Waals surface area contributed by atoms with Crippen molar-refractivity contribution in [1.29, 1.82) is 5.26 Å². The number of aryl methyl sites for hydroxylation is 1.